The molecule has 0 fully saturated rings. The molecule has 0 unspecified atom stereocenters. The number of hydrogen-bond donors (Lipinski definition) is 1. The van der Waals surface area contributed by atoms with Crippen LogP contribution in [-0.4, -0.2) is 29.0 Å². The molecule has 19 heavy (non-hydrogen) atoms. The van der Waals surface area contributed by atoms with Gasteiger partial charge in [0, 0.05) is 31.6 Å². The lowest BCUT2D eigenvalue weighted by Gasteiger charge is -2.02. The van der Waals surface area contributed by atoms with Crippen LogP contribution in [0.15, 0.2) is 36.9 Å². The maximum Gasteiger partial charge on any atom is 0.188 e. The quantitative estimate of drug-likeness (QED) is 0.882. The van der Waals surface area contributed by atoms with E-state index in [4.69, 9.17) is 37.8 Å². The first-order valence-electron chi connectivity index (χ1n) is 5.13. The van der Waals surface area contributed by atoms with Gasteiger partial charge in [-0.2, -0.15) is 0 Å². The van der Waals surface area contributed by atoms with Crippen molar-refractivity contribution in [1.29, 1.82) is 0 Å². The van der Waals surface area contributed by atoms with Crippen LogP contribution in [0.5, 0.6) is 11.5 Å². The van der Waals surface area contributed by atoms with E-state index in [1.54, 1.807) is 25.6 Å². The van der Waals surface area contributed by atoms with E-state index in [2.05, 4.69) is 9.97 Å². The minimum absolute atomic E-state index is 0.0949. The molecule has 0 saturated heterocycles. The summed E-state index contributed by atoms with van der Waals surface area (Å²) in [5, 5.41) is 9.67. The molecule has 0 bridgehead atoms. The Morgan fingerprint density at radius 3 is 2.16 bits per heavy atom. The van der Waals surface area contributed by atoms with E-state index >= 15 is 0 Å². The summed E-state index contributed by atoms with van der Waals surface area (Å²) in [6.07, 6.45) is 5.90. The van der Waals surface area contributed by atoms with Crippen LogP contribution in [0.3, 0.4) is 0 Å². The fourth-order valence-electron chi connectivity index (χ4n) is 0.999. The van der Waals surface area contributed by atoms with Crippen LogP contribution in [0.1, 0.15) is 0 Å². The van der Waals surface area contributed by atoms with Crippen LogP contribution in [0.4, 0.5) is 0 Å². The van der Waals surface area contributed by atoms with Crippen LogP contribution in [0, 0.1) is 0 Å². The van der Waals surface area contributed by atoms with Crippen LogP contribution in [0.2, 0.25) is 10.0 Å². The van der Waals surface area contributed by atoms with E-state index in [1.165, 1.54) is 18.5 Å². The Labute approximate surface area is 120 Å². The smallest absolute Gasteiger partial charge is 0.188 e. The molecule has 0 spiro atoms. The molecule has 0 amide bonds. The minimum atomic E-state index is 0.0949. The normalized spacial score (nSPS) is 9.42. The lowest BCUT2D eigenvalue weighted by atomic mass is 10.5. The van der Waals surface area contributed by atoms with Crippen molar-refractivity contribution in [3.05, 3.63) is 47.0 Å². The molecule has 0 aliphatic rings. The Morgan fingerprint density at radius 1 is 1.05 bits per heavy atom. The first-order chi connectivity index (χ1) is 9.11. The zero-order chi connectivity index (χ0) is 14.1. The second-order valence-electron chi connectivity index (χ2n) is 3.25. The highest BCUT2D eigenvalue weighted by Gasteiger charge is 1.93. The number of nitrogens with zero attached hydrogens (tertiary/aromatic N) is 2. The molecule has 2 aromatic heterocycles. The Hall–Kier alpha value is -1.56. The Kier molecular flexibility index (Phi) is 6.95. The van der Waals surface area contributed by atoms with Crippen molar-refractivity contribution in [2.24, 2.45) is 0 Å². The standard InChI is InChI=1S/C7H8ClNO2.C5H4ClNO/c1-10-5-11-7-2-6(8)3-9-4-7;6-4-1-5(8)3-7-2-4/h2-4H,5H2,1H3;1-3,8H. The van der Waals surface area contributed by atoms with Gasteiger partial charge in [0.25, 0.3) is 0 Å². The molecular formula is C12H12Cl2N2O3. The summed E-state index contributed by atoms with van der Waals surface area (Å²) in [5.74, 6) is 0.705. The molecule has 7 heteroatoms. The van der Waals surface area contributed by atoms with Crippen molar-refractivity contribution in [1.82, 2.24) is 9.97 Å². The lowest BCUT2D eigenvalue weighted by molar-refractivity contribution is 0.0509. The third kappa shape index (κ3) is 6.81. The van der Waals surface area contributed by atoms with Crippen LogP contribution >= 0.6 is 23.2 Å². The van der Waals surface area contributed by atoms with Gasteiger partial charge in [0.15, 0.2) is 6.79 Å². The summed E-state index contributed by atoms with van der Waals surface area (Å²) in [4.78, 5) is 7.43. The van der Waals surface area contributed by atoms with Crippen LogP contribution in [0.25, 0.3) is 0 Å². The highest BCUT2D eigenvalue weighted by atomic mass is 35.5. The van der Waals surface area contributed by atoms with Crippen molar-refractivity contribution >= 4 is 23.2 Å². The number of halogens is 2. The van der Waals surface area contributed by atoms with Gasteiger partial charge in [-0.3, -0.25) is 9.97 Å². The predicted octanol–water partition coefficient (Wildman–Crippen LogP) is 3.16. The van der Waals surface area contributed by atoms with E-state index in [9.17, 15) is 0 Å². The molecule has 2 aromatic rings. The van der Waals surface area contributed by atoms with E-state index in [0.717, 1.165) is 0 Å². The van der Waals surface area contributed by atoms with Gasteiger partial charge in [-0.15, -0.1) is 0 Å². The summed E-state index contributed by atoms with van der Waals surface area (Å²) in [5.41, 5.74) is 0. The van der Waals surface area contributed by atoms with Gasteiger partial charge in [0.2, 0.25) is 0 Å². The SMILES string of the molecule is COCOc1cncc(Cl)c1.Oc1cncc(Cl)c1. The molecule has 2 rings (SSSR count). The van der Waals surface area contributed by atoms with Crippen molar-refractivity contribution in [3.63, 3.8) is 0 Å². The van der Waals surface area contributed by atoms with Gasteiger partial charge in [-0.05, 0) is 0 Å². The molecule has 2 heterocycles. The lowest BCUT2D eigenvalue weighted by Crippen LogP contribution is -1.98. The first kappa shape index (κ1) is 15.5. The molecular weight excluding hydrogens is 291 g/mol. The highest BCUT2D eigenvalue weighted by Crippen LogP contribution is 2.14. The molecule has 0 aliphatic carbocycles. The van der Waals surface area contributed by atoms with Crippen LogP contribution < -0.4 is 4.74 Å². The van der Waals surface area contributed by atoms with Crippen molar-refractivity contribution in [3.8, 4) is 11.5 Å². The maximum absolute atomic E-state index is 8.67. The number of pyridine rings is 2. The third-order valence-electron chi connectivity index (χ3n) is 1.71. The van der Waals surface area contributed by atoms with Gasteiger partial charge < -0.3 is 14.6 Å². The van der Waals surface area contributed by atoms with Crippen LogP contribution in [-0.2, 0) is 4.74 Å². The average Bonchev–Trinajstić information content (AvgIpc) is 2.37. The molecule has 0 aromatic carbocycles. The van der Waals surface area contributed by atoms with E-state index in [1.807, 2.05) is 0 Å². The Morgan fingerprint density at radius 2 is 1.68 bits per heavy atom. The Bertz CT molecular complexity index is 495. The summed E-state index contributed by atoms with van der Waals surface area (Å²) in [6.45, 7) is 0.210. The van der Waals surface area contributed by atoms with Gasteiger partial charge in [0.05, 0.1) is 22.4 Å². The molecule has 0 atom stereocenters. The molecule has 1 N–H and O–H groups in total. The first-order valence-corrected chi connectivity index (χ1v) is 5.89. The fourth-order valence-corrected chi connectivity index (χ4v) is 1.33. The van der Waals surface area contributed by atoms with E-state index in [-0.39, 0.29) is 12.5 Å². The number of hydrogen-bond acceptors (Lipinski definition) is 5. The maximum atomic E-state index is 8.67. The summed E-state index contributed by atoms with van der Waals surface area (Å²) < 4.78 is 9.76. The topological polar surface area (TPSA) is 64.5 Å². The number of ether oxygens (including phenoxy) is 2. The van der Waals surface area contributed by atoms with Crippen molar-refractivity contribution in [2.45, 2.75) is 0 Å². The zero-order valence-corrected chi connectivity index (χ0v) is 11.6. The van der Waals surface area contributed by atoms with Crippen molar-refractivity contribution in [2.75, 3.05) is 13.9 Å². The summed E-state index contributed by atoms with van der Waals surface area (Å²) >= 11 is 11.1. The highest BCUT2D eigenvalue weighted by molar-refractivity contribution is 6.30. The Balaban J connectivity index is 0.000000200. The second kappa shape index (κ2) is 8.53. The minimum Gasteiger partial charge on any atom is -0.506 e. The fraction of sp³-hybridized carbons (Fsp3) is 0.167. The predicted molar refractivity (Wildman–Crippen MR) is 72.7 cm³/mol. The van der Waals surface area contributed by atoms with E-state index < -0.39 is 0 Å². The number of aromatic nitrogens is 2. The molecule has 0 radical (unpaired) electrons. The second-order valence-corrected chi connectivity index (χ2v) is 4.12. The number of aromatic hydroxyl groups is 1. The monoisotopic (exact) mass is 302 g/mol. The molecule has 0 aliphatic heterocycles. The van der Waals surface area contributed by atoms with Gasteiger partial charge in [-0.25, -0.2) is 0 Å². The van der Waals surface area contributed by atoms with Crippen molar-refractivity contribution < 1.29 is 14.6 Å². The van der Waals surface area contributed by atoms with Gasteiger partial charge >= 0.3 is 0 Å². The molecule has 0 saturated carbocycles. The third-order valence-corrected chi connectivity index (χ3v) is 2.13. The van der Waals surface area contributed by atoms with Gasteiger partial charge in [0.1, 0.15) is 11.5 Å². The largest absolute Gasteiger partial charge is 0.506 e. The summed E-state index contributed by atoms with van der Waals surface area (Å²) in [6, 6.07) is 3.10. The number of methoxy groups -OCH3 is 1. The number of rotatable bonds is 3. The molecule has 102 valence electrons. The van der Waals surface area contributed by atoms with E-state index in [0.29, 0.717) is 15.8 Å². The van der Waals surface area contributed by atoms with Gasteiger partial charge in [-0.1, -0.05) is 23.2 Å². The average molecular weight is 303 g/mol. The zero-order valence-electron chi connectivity index (χ0n) is 10.1. The molecule has 5 nitrogen and oxygen atoms in total. The summed E-state index contributed by atoms with van der Waals surface area (Å²) in [7, 11) is 1.55.